The highest BCUT2D eigenvalue weighted by molar-refractivity contribution is 7.93. The van der Waals surface area contributed by atoms with Gasteiger partial charge in [0.25, 0.3) is 15.9 Å². The van der Waals surface area contributed by atoms with Crippen LogP contribution in [0.15, 0.2) is 77.7 Å². The van der Waals surface area contributed by atoms with Crippen LogP contribution in [0.25, 0.3) is 0 Å². The Morgan fingerprint density at radius 1 is 0.935 bits per heavy atom. The summed E-state index contributed by atoms with van der Waals surface area (Å²) in [5.74, 6) is 0.360. The van der Waals surface area contributed by atoms with Crippen LogP contribution in [0.4, 0.5) is 5.69 Å². The second-order valence-corrected chi connectivity index (χ2v) is 8.75. The molecular formula is C24H25NO5S. The van der Waals surface area contributed by atoms with Crippen molar-refractivity contribution in [1.29, 1.82) is 0 Å². The van der Waals surface area contributed by atoms with Crippen LogP contribution in [0.5, 0.6) is 11.5 Å². The van der Waals surface area contributed by atoms with Gasteiger partial charge in [-0.1, -0.05) is 36.8 Å². The van der Waals surface area contributed by atoms with Crippen LogP contribution in [0.1, 0.15) is 18.1 Å². The Morgan fingerprint density at radius 3 is 2.23 bits per heavy atom. The highest BCUT2D eigenvalue weighted by atomic mass is 32.2. The number of methoxy groups -OCH3 is 1. The molecule has 0 bridgehead atoms. The number of hydrogen-bond acceptors (Lipinski definition) is 5. The fourth-order valence-corrected chi connectivity index (χ4v) is 4.42. The summed E-state index contributed by atoms with van der Waals surface area (Å²) in [5, 5.41) is 0. The Balaban J connectivity index is 1.94. The first-order chi connectivity index (χ1) is 14.8. The summed E-state index contributed by atoms with van der Waals surface area (Å²) >= 11 is 0. The summed E-state index contributed by atoms with van der Waals surface area (Å²) in [5.41, 5.74) is 2.18. The fourth-order valence-electron chi connectivity index (χ4n) is 3.01. The zero-order chi connectivity index (χ0) is 22.4. The second-order valence-electron chi connectivity index (χ2n) is 6.96. The van der Waals surface area contributed by atoms with Gasteiger partial charge in [-0.2, -0.15) is 4.31 Å². The summed E-state index contributed by atoms with van der Waals surface area (Å²) < 4.78 is 38.3. The Kier molecular flexibility index (Phi) is 6.97. The number of carbonyl (C=O) groups is 1. The highest BCUT2D eigenvalue weighted by Crippen LogP contribution is 2.27. The van der Waals surface area contributed by atoms with Gasteiger partial charge in [0, 0.05) is 0 Å². The van der Waals surface area contributed by atoms with Gasteiger partial charge in [-0.05, 0) is 67.4 Å². The van der Waals surface area contributed by atoms with Crippen molar-refractivity contribution in [2.24, 2.45) is 0 Å². The molecule has 3 rings (SSSR count). The molecule has 0 saturated carbocycles. The summed E-state index contributed by atoms with van der Waals surface area (Å²) in [6.07, 6.45) is 0.824. The number of benzene rings is 3. The monoisotopic (exact) mass is 439 g/mol. The maximum absolute atomic E-state index is 13.4. The third-order valence-electron chi connectivity index (χ3n) is 4.76. The predicted octanol–water partition coefficient (Wildman–Crippen LogP) is 4.37. The summed E-state index contributed by atoms with van der Waals surface area (Å²) in [6.45, 7) is 3.45. The molecule has 1 amide bonds. The molecule has 6 nitrogen and oxygen atoms in total. The topological polar surface area (TPSA) is 72.9 Å². The number of sulfonamides is 1. The summed E-state index contributed by atoms with van der Waals surface area (Å²) in [7, 11) is -2.63. The van der Waals surface area contributed by atoms with E-state index in [1.807, 2.05) is 32.0 Å². The van der Waals surface area contributed by atoms with Gasteiger partial charge in [0.2, 0.25) is 0 Å². The molecule has 0 atom stereocenters. The largest absolute Gasteiger partial charge is 0.497 e. The maximum atomic E-state index is 13.4. The zero-order valence-corrected chi connectivity index (χ0v) is 18.6. The Hall–Kier alpha value is -3.32. The third kappa shape index (κ3) is 5.24. The average Bonchev–Trinajstić information content (AvgIpc) is 2.78. The Labute approximate surface area is 183 Å². The molecule has 0 aliphatic carbocycles. The number of rotatable bonds is 8. The molecule has 3 aromatic carbocycles. The number of ether oxygens (including phenoxy) is 2. The van der Waals surface area contributed by atoms with Gasteiger partial charge in [0.1, 0.15) is 11.5 Å². The minimum absolute atomic E-state index is 0.0234. The number of carbonyl (C=O) groups excluding carboxylic acids is 1. The molecule has 0 saturated heterocycles. The zero-order valence-electron chi connectivity index (χ0n) is 17.7. The molecule has 0 N–H and O–H groups in total. The summed E-state index contributed by atoms with van der Waals surface area (Å²) in [6, 6.07) is 20.0. The van der Waals surface area contributed by atoms with Crippen molar-refractivity contribution in [2.75, 3.05) is 18.0 Å². The lowest BCUT2D eigenvalue weighted by Crippen LogP contribution is -2.40. The van der Waals surface area contributed by atoms with Gasteiger partial charge in [-0.3, -0.25) is 4.79 Å². The van der Waals surface area contributed by atoms with E-state index in [0.717, 1.165) is 21.9 Å². The molecule has 7 heteroatoms. The predicted molar refractivity (Wildman–Crippen MR) is 120 cm³/mol. The molecule has 0 aromatic heterocycles. The SMILES string of the molecule is CCc1cccc(OCC(=O)N(c2ccc(OC)cc2)S(=O)(=O)c2ccc(C)cc2)c1. The molecule has 31 heavy (non-hydrogen) atoms. The standard InChI is InChI=1S/C24H25NO5S/c1-4-19-6-5-7-22(16-19)30-17-24(26)25(20-10-12-21(29-3)13-11-20)31(27,28)23-14-8-18(2)9-15-23/h5-16H,4,17H2,1-3H3. The number of hydrogen-bond donors (Lipinski definition) is 0. The molecule has 0 fully saturated rings. The lowest BCUT2D eigenvalue weighted by molar-refractivity contribution is -0.119. The van der Waals surface area contributed by atoms with Crippen LogP contribution in [0, 0.1) is 6.92 Å². The van der Waals surface area contributed by atoms with Crippen molar-refractivity contribution in [3.63, 3.8) is 0 Å². The third-order valence-corrected chi connectivity index (χ3v) is 6.52. The van der Waals surface area contributed by atoms with Gasteiger partial charge in [-0.25, -0.2) is 8.42 Å². The number of nitrogens with zero attached hydrogens (tertiary/aromatic N) is 1. The molecule has 162 valence electrons. The van der Waals surface area contributed by atoms with E-state index in [-0.39, 0.29) is 10.6 Å². The molecular weight excluding hydrogens is 414 g/mol. The van der Waals surface area contributed by atoms with Crippen LogP contribution in [0.3, 0.4) is 0 Å². The molecule has 3 aromatic rings. The molecule has 0 aliphatic heterocycles. The van der Waals surface area contributed by atoms with Crippen molar-refractivity contribution < 1.29 is 22.7 Å². The van der Waals surface area contributed by atoms with E-state index in [1.54, 1.807) is 30.3 Å². The minimum atomic E-state index is -4.14. The second kappa shape index (κ2) is 9.66. The Morgan fingerprint density at radius 2 is 1.61 bits per heavy atom. The Bertz CT molecular complexity index is 1140. The van der Waals surface area contributed by atoms with E-state index in [2.05, 4.69) is 0 Å². The van der Waals surface area contributed by atoms with E-state index in [4.69, 9.17) is 9.47 Å². The molecule has 0 spiro atoms. The van der Waals surface area contributed by atoms with E-state index >= 15 is 0 Å². The van der Waals surface area contributed by atoms with E-state index in [1.165, 1.54) is 31.4 Å². The molecule has 0 radical (unpaired) electrons. The van der Waals surface area contributed by atoms with Crippen molar-refractivity contribution in [3.05, 3.63) is 83.9 Å². The smallest absolute Gasteiger partial charge is 0.278 e. The van der Waals surface area contributed by atoms with Crippen LogP contribution in [-0.2, 0) is 21.2 Å². The van der Waals surface area contributed by atoms with Gasteiger partial charge in [0.05, 0.1) is 17.7 Å². The van der Waals surface area contributed by atoms with Crippen molar-refractivity contribution >= 4 is 21.6 Å². The first kappa shape index (κ1) is 22.4. The first-order valence-electron chi connectivity index (χ1n) is 9.85. The van der Waals surface area contributed by atoms with E-state index < -0.39 is 22.5 Å². The van der Waals surface area contributed by atoms with Crippen molar-refractivity contribution in [1.82, 2.24) is 0 Å². The van der Waals surface area contributed by atoms with Gasteiger partial charge < -0.3 is 9.47 Å². The lowest BCUT2D eigenvalue weighted by atomic mass is 10.2. The van der Waals surface area contributed by atoms with Gasteiger partial charge in [0.15, 0.2) is 6.61 Å². The molecule has 0 heterocycles. The highest BCUT2D eigenvalue weighted by Gasteiger charge is 2.31. The fraction of sp³-hybridized carbons (Fsp3) is 0.208. The molecule has 0 unspecified atom stereocenters. The van der Waals surface area contributed by atoms with E-state index in [0.29, 0.717) is 11.5 Å². The van der Waals surface area contributed by atoms with Crippen LogP contribution in [-0.4, -0.2) is 28.0 Å². The minimum Gasteiger partial charge on any atom is -0.497 e. The maximum Gasteiger partial charge on any atom is 0.278 e. The molecule has 0 aliphatic rings. The normalized spacial score (nSPS) is 11.1. The van der Waals surface area contributed by atoms with Gasteiger partial charge in [-0.15, -0.1) is 0 Å². The number of anilines is 1. The van der Waals surface area contributed by atoms with E-state index in [9.17, 15) is 13.2 Å². The van der Waals surface area contributed by atoms with Gasteiger partial charge >= 0.3 is 0 Å². The van der Waals surface area contributed by atoms with Crippen molar-refractivity contribution in [3.8, 4) is 11.5 Å². The number of aryl methyl sites for hydroxylation is 2. The van der Waals surface area contributed by atoms with Crippen molar-refractivity contribution in [2.45, 2.75) is 25.2 Å². The average molecular weight is 440 g/mol. The number of amides is 1. The van der Waals surface area contributed by atoms with Crippen LogP contribution < -0.4 is 13.8 Å². The lowest BCUT2D eigenvalue weighted by Gasteiger charge is -2.23. The quantitative estimate of drug-likeness (QED) is 0.521. The van der Waals surface area contributed by atoms with Crippen LogP contribution in [0.2, 0.25) is 0 Å². The first-order valence-corrected chi connectivity index (χ1v) is 11.3. The summed E-state index contributed by atoms with van der Waals surface area (Å²) in [4.78, 5) is 13.1. The van der Waals surface area contributed by atoms with Crippen LogP contribution >= 0.6 is 0 Å².